The summed E-state index contributed by atoms with van der Waals surface area (Å²) in [6.45, 7) is 5.11. The predicted molar refractivity (Wildman–Crippen MR) is 113 cm³/mol. The number of anilines is 1. The van der Waals surface area contributed by atoms with Crippen LogP contribution in [0.25, 0.3) is 0 Å². The Morgan fingerprint density at radius 1 is 1.31 bits per heavy atom. The van der Waals surface area contributed by atoms with Crippen LogP contribution in [-0.2, 0) is 9.53 Å². The molecule has 1 fully saturated rings. The maximum absolute atomic E-state index is 14.1. The third kappa shape index (κ3) is 4.40. The number of rotatable bonds is 3. The second kappa shape index (κ2) is 8.42. The highest BCUT2D eigenvalue weighted by Gasteiger charge is 2.35. The number of ether oxygens (including phenoxy) is 2. The molecule has 2 aliphatic heterocycles. The molecule has 2 unspecified atom stereocenters. The fourth-order valence-corrected chi connectivity index (χ4v) is 3.77. The number of aryl methyl sites for hydroxylation is 2. The average molecular weight is 443 g/mol. The van der Waals surface area contributed by atoms with Gasteiger partial charge in [0.25, 0.3) is 11.8 Å². The highest BCUT2D eigenvalue weighted by atomic mass is 19.1. The zero-order valence-electron chi connectivity index (χ0n) is 18.5. The molecule has 2 amide bonds. The number of alkyl halides is 1. The summed E-state index contributed by atoms with van der Waals surface area (Å²) in [6, 6.07) is 0.853. The summed E-state index contributed by atoms with van der Waals surface area (Å²) in [6.07, 6.45) is 3.56. The maximum atomic E-state index is 14.1. The molecular formula is C22H26FN5O4. The Balaban J connectivity index is 1.50. The van der Waals surface area contributed by atoms with E-state index in [1.807, 2.05) is 13.8 Å². The second-order valence-corrected chi connectivity index (χ2v) is 8.58. The highest BCUT2D eigenvalue weighted by molar-refractivity contribution is 6.01. The summed E-state index contributed by atoms with van der Waals surface area (Å²) in [5.74, 6) is -0.197. The third-order valence-electron chi connectivity index (χ3n) is 5.66. The molecule has 0 radical (unpaired) electrons. The molecule has 0 aromatic carbocycles. The Bertz CT molecular complexity index is 1050. The van der Waals surface area contributed by atoms with Gasteiger partial charge in [-0.2, -0.15) is 0 Å². The average Bonchev–Trinajstić information content (AvgIpc) is 2.86. The SMILES string of the molecule is Cc1cnc2c(c1)OC[C@H](NC(=O)c1ncc(C)c(C3CCC(C)(F)CO3)n1)C(=O)N2C. The highest BCUT2D eigenvalue weighted by Crippen LogP contribution is 2.35. The van der Waals surface area contributed by atoms with E-state index in [0.29, 0.717) is 30.1 Å². The summed E-state index contributed by atoms with van der Waals surface area (Å²) < 4.78 is 25.5. The van der Waals surface area contributed by atoms with Crippen molar-refractivity contribution in [1.82, 2.24) is 20.3 Å². The van der Waals surface area contributed by atoms with Crippen LogP contribution in [0.2, 0.25) is 0 Å². The summed E-state index contributed by atoms with van der Waals surface area (Å²) >= 11 is 0. The van der Waals surface area contributed by atoms with E-state index in [9.17, 15) is 14.0 Å². The Hall–Kier alpha value is -3.14. The number of nitrogens with one attached hydrogen (secondary N) is 1. The number of hydrogen-bond donors (Lipinski definition) is 1. The molecule has 2 aromatic rings. The second-order valence-electron chi connectivity index (χ2n) is 8.58. The monoisotopic (exact) mass is 443 g/mol. The third-order valence-corrected chi connectivity index (χ3v) is 5.66. The minimum atomic E-state index is -1.37. The van der Waals surface area contributed by atoms with Gasteiger partial charge in [-0.1, -0.05) is 0 Å². The van der Waals surface area contributed by atoms with E-state index in [4.69, 9.17) is 9.47 Å². The van der Waals surface area contributed by atoms with Gasteiger partial charge in [0.1, 0.15) is 24.4 Å². The van der Waals surface area contributed by atoms with Crippen LogP contribution in [0.5, 0.6) is 5.75 Å². The van der Waals surface area contributed by atoms with Gasteiger partial charge >= 0.3 is 0 Å². The Labute approximate surface area is 185 Å². The van der Waals surface area contributed by atoms with Crippen LogP contribution in [0.1, 0.15) is 53.3 Å². The van der Waals surface area contributed by atoms with Crippen LogP contribution < -0.4 is 15.0 Å². The van der Waals surface area contributed by atoms with Crippen molar-refractivity contribution in [3.05, 3.63) is 41.1 Å². The van der Waals surface area contributed by atoms with Crippen LogP contribution in [0.4, 0.5) is 10.2 Å². The number of amides is 2. The topological polar surface area (TPSA) is 107 Å². The smallest absolute Gasteiger partial charge is 0.289 e. The summed E-state index contributed by atoms with van der Waals surface area (Å²) in [5.41, 5.74) is 0.826. The van der Waals surface area contributed by atoms with Crippen molar-refractivity contribution in [2.24, 2.45) is 0 Å². The molecule has 0 aliphatic carbocycles. The van der Waals surface area contributed by atoms with Crippen molar-refractivity contribution < 1.29 is 23.5 Å². The lowest BCUT2D eigenvalue weighted by Crippen LogP contribution is -2.49. The van der Waals surface area contributed by atoms with Gasteiger partial charge in [-0.15, -0.1) is 0 Å². The number of nitrogens with zero attached hydrogens (tertiary/aromatic N) is 4. The first kappa shape index (κ1) is 22.1. The van der Waals surface area contributed by atoms with Gasteiger partial charge in [-0.05, 0) is 50.8 Å². The number of fused-ring (bicyclic) bond motifs is 1. The number of carbonyl (C=O) groups is 2. The molecule has 9 nitrogen and oxygen atoms in total. The number of halogens is 1. The standard InChI is InChI=1S/C22H26FN5O4/c1-12-7-16-19(25-8-12)28(4)21(30)14(10-31-16)26-20(29)18-24-9-13(2)17(27-18)15-5-6-22(3,23)11-32-15/h7-9,14-15H,5-6,10-11H2,1-4H3,(H,26,29)/t14-,15?,22?/m0/s1. The van der Waals surface area contributed by atoms with Crippen LogP contribution in [0, 0.1) is 13.8 Å². The molecule has 10 heteroatoms. The number of pyridine rings is 1. The fourth-order valence-electron chi connectivity index (χ4n) is 3.77. The van der Waals surface area contributed by atoms with E-state index >= 15 is 0 Å². The van der Waals surface area contributed by atoms with E-state index in [1.165, 1.54) is 18.0 Å². The van der Waals surface area contributed by atoms with E-state index in [0.717, 1.165) is 11.1 Å². The molecule has 170 valence electrons. The maximum Gasteiger partial charge on any atom is 0.289 e. The van der Waals surface area contributed by atoms with Gasteiger partial charge in [0, 0.05) is 19.4 Å². The van der Waals surface area contributed by atoms with Crippen molar-refractivity contribution in [1.29, 1.82) is 0 Å². The minimum Gasteiger partial charge on any atom is -0.487 e. The van der Waals surface area contributed by atoms with E-state index in [-0.39, 0.29) is 24.9 Å². The molecule has 2 aromatic heterocycles. The van der Waals surface area contributed by atoms with Gasteiger partial charge in [-0.3, -0.25) is 14.5 Å². The van der Waals surface area contributed by atoms with E-state index in [1.54, 1.807) is 19.3 Å². The zero-order chi connectivity index (χ0) is 23.0. The lowest BCUT2D eigenvalue weighted by atomic mass is 9.95. The Morgan fingerprint density at radius 2 is 2.09 bits per heavy atom. The van der Waals surface area contributed by atoms with E-state index in [2.05, 4.69) is 20.3 Å². The number of aromatic nitrogens is 3. The van der Waals surface area contributed by atoms with E-state index < -0.39 is 23.7 Å². The first-order valence-electron chi connectivity index (χ1n) is 10.5. The molecule has 1 saturated heterocycles. The molecular weight excluding hydrogens is 417 g/mol. The van der Waals surface area contributed by atoms with Gasteiger partial charge in [-0.25, -0.2) is 19.3 Å². The molecule has 0 bridgehead atoms. The van der Waals surface area contributed by atoms with Crippen molar-refractivity contribution in [3.8, 4) is 5.75 Å². The quantitative estimate of drug-likeness (QED) is 0.775. The summed E-state index contributed by atoms with van der Waals surface area (Å²) in [4.78, 5) is 39.9. The predicted octanol–water partition coefficient (Wildman–Crippen LogP) is 2.22. The lowest BCUT2D eigenvalue weighted by Gasteiger charge is -2.31. The minimum absolute atomic E-state index is 0.0308. The van der Waals surface area contributed by atoms with Gasteiger partial charge in [0.05, 0.1) is 12.3 Å². The molecule has 0 spiro atoms. The normalized spacial score (nSPS) is 25.5. The number of likely N-dealkylation sites (N-methyl/N-ethyl adjacent to an activating group) is 1. The molecule has 4 rings (SSSR count). The molecule has 3 atom stereocenters. The summed E-state index contributed by atoms with van der Waals surface area (Å²) in [5, 5.41) is 2.66. The van der Waals surface area contributed by atoms with Crippen molar-refractivity contribution in [2.45, 2.75) is 51.4 Å². The first-order chi connectivity index (χ1) is 15.1. The van der Waals surface area contributed by atoms with Crippen molar-refractivity contribution in [2.75, 3.05) is 25.2 Å². The van der Waals surface area contributed by atoms with Crippen LogP contribution in [0.3, 0.4) is 0 Å². The molecule has 4 heterocycles. The molecule has 0 saturated carbocycles. The van der Waals surface area contributed by atoms with Crippen LogP contribution in [-0.4, -0.2) is 58.7 Å². The Morgan fingerprint density at radius 3 is 2.81 bits per heavy atom. The largest absolute Gasteiger partial charge is 0.487 e. The Kier molecular flexibility index (Phi) is 5.81. The number of hydrogen-bond acceptors (Lipinski definition) is 7. The fraction of sp³-hybridized carbons (Fsp3) is 0.500. The summed E-state index contributed by atoms with van der Waals surface area (Å²) in [7, 11) is 1.58. The van der Waals surface area contributed by atoms with Crippen LogP contribution in [0.15, 0.2) is 18.5 Å². The lowest BCUT2D eigenvalue weighted by molar-refractivity contribution is -0.120. The molecule has 2 aliphatic rings. The van der Waals surface area contributed by atoms with Gasteiger partial charge in [0.2, 0.25) is 5.82 Å². The number of carbonyl (C=O) groups excluding carboxylic acids is 2. The molecule has 1 N–H and O–H groups in total. The first-order valence-corrected chi connectivity index (χ1v) is 10.5. The van der Waals surface area contributed by atoms with Gasteiger partial charge < -0.3 is 14.8 Å². The zero-order valence-corrected chi connectivity index (χ0v) is 18.5. The molecule has 32 heavy (non-hydrogen) atoms. The van der Waals surface area contributed by atoms with Crippen molar-refractivity contribution >= 4 is 17.6 Å². The van der Waals surface area contributed by atoms with Gasteiger partial charge in [0.15, 0.2) is 11.6 Å². The van der Waals surface area contributed by atoms with Crippen LogP contribution >= 0.6 is 0 Å². The van der Waals surface area contributed by atoms with Crippen molar-refractivity contribution in [3.63, 3.8) is 0 Å².